The van der Waals surface area contributed by atoms with E-state index in [9.17, 15) is 9.59 Å². The van der Waals surface area contributed by atoms with E-state index in [1.807, 2.05) is 31.2 Å². The maximum atomic E-state index is 12.9. The molecular formula is C16H23N3O2. The molecule has 2 rings (SSSR count). The fourth-order valence-corrected chi connectivity index (χ4v) is 2.63. The van der Waals surface area contributed by atoms with Crippen molar-refractivity contribution in [3.05, 3.63) is 29.8 Å². The molecule has 1 aliphatic rings. The minimum Gasteiger partial charge on any atom is -0.399 e. The number of amides is 2. The molecular weight excluding hydrogens is 266 g/mol. The molecule has 1 aromatic carbocycles. The molecule has 0 radical (unpaired) electrons. The Morgan fingerprint density at radius 1 is 1.29 bits per heavy atom. The van der Waals surface area contributed by atoms with Gasteiger partial charge in [0.1, 0.15) is 0 Å². The molecule has 0 atom stereocenters. The number of nitrogens with zero attached hydrogens (tertiary/aromatic N) is 1. The number of likely N-dealkylation sites (N-methyl/N-ethyl adjacent to an activating group) is 1. The average Bonchev–Trinajstić information content (AvgIpc) is 3.28. The number of carbonyl (C=O) groups is 2. The third kappa shape index (κ3) is 3.17. The molecule has 21 heavy (non-hydrogen) atoms. The zero-order valence-electron chi connectivity index (χ0n) is 12.7. The molecule has 1 saturated carbocycles. The number of benzene rings is 1. The van der Waals surface area contributed by atoms with Crippen LogP contribution in [0.25, 0.3) is 0 Å². The third-order valence-electron chi connectivity index (χ3n) is 4.02. The van der Waals surface area contributed by atoms with E-state index in [2.05, 4.69) is 5.32 Å². The van der Waals surface area contributed by atoms with Gasteiger partial charge in [0.05, 0.1) is 12.0 Å². The van der Waals surface area contributed by atoms with Crippen molar-refractivity contribution in [2.75, 3.05) is 25.9 Å². The topological polar surface area (TPSA) is 75.4 Å². The highest BCUT2D eigenvalue weighted by molar-refractivity contribution is 5.94. The molecule has 1 aliphatic carbocycles. The van der Waals surface area contributed by atoms with Gasteiger partial charge in [0.2, 0.25) is 11.8 Å². The number of hydrogen-bond acceptors (Lipinski definition) is 3. The van der Waals surface area contributed by atoms with Crippen LogP contribution in [0.3, 0.4) is 0 Å². The van der Waals surface area contributed by atoms with Crippen molar-refractivity contribution in [2.24, 2.45) is 0 Å². The lowest BCUT2D eigenvalue weighted by Crippen LogP contribution is -2.45. The van der Waals surface area contributed by atoms with Crippen LogP contribution < -0.4 is 11.1 Å². The van der Waals surface area contributed by atoms with Crippen molar-refractivity contribution in [3.63, 3.8) is 0 Å². The number of nitrogen functional groups attached to an aromatic ring is 1. The molecule has 114 valence electrons. The van der Waals surface area contributed by atoms with Gasteiger partial charge in [-0.05, 0) is 37.0 Å². The molecule has 0 aromatic heterocycles. The van der Waals surface area contributed by atoms with E-state index in [1.54, 1.807) is 11.9 Å². The highest BCUT2D eigenvalue weighted by Gasteiger charge is 2.52. The van der Waals surface area contributed by atoms with Gasteiger partial charge in [-0.2, -0.15) is 0 Å². The second kappa shape index (κ2) is 6.16. The lowest BCUT2D eigenvalue weighted by atomic mass is 9.94. The second-order valence-electron chi connectivity index (χ2n) is 5.60. The summed E-state index contributed by atoms with van der Waals surface area (Å²) in [6.45, 7) is 2.73. The number of rotatable bonds is 6. The number of nitrogens with one attached hydrogen (secondary N) is 1. The van der Waals surface area contributed by atoms with E-state index in [-0.39, 0.29) is 18.4 Å². The number of hydrogen-bond donors (Lipinski definition) is 2. The van der Waals surface area contributed by atoms with Crippen LogP contribution >= 0.6 is 0 Å². The molecule has 0 spiro atoms. The first-order valence-corrected chi connectivity index (χ1v) is 7.39. The van der Waals surface area contributed by atoms with Gasteiger partial charge in [0.15, 0.2) is 0 Å². The fraction of sp³-hybridized carbons (Fsp3) is 0.500. The summed E-state index contributed by atoms with van der Waals surface area (Å²) in [6.07, 6.45) is 2.51. The highest BCUT2D eigenvalue weighted by Crippen LogP contribution is 2.49. The third-order valence-corrected chi connectivity index (χ3v) is 4.02. The van der Waals surface area contributed by atoms with Gasteiger partial charge in [0, 0.05) is 19.3 Å². The molecule has 3 N–H and O–H groups in total. The molecule has 1 aromatic rings. The summed E-state index contributed by atoms with van der Waals surface area (Å²) in [5, 5.41) is 2.58. The molecule has 0 unspecified atom stereocenters. The van der Waals surface area contributed by atoms with Crippen LogP contribution in [0.1, 0.15) is 31.7 Å². The van der Waals surface area contributed by atoms with E-state index in [1.165, 1.54) is 0 Å². The standard InChI is InChI=1S/C16H23N3O2/c1-3-10-19(11-14(20)18-2)15(21)16(8-9-16)12-4-6-13(17)7-5-12/h4-7H,3,8-11,17H2,1-2H3,(H,18,20). The summed E-state index contributed by atoms with van der Waals surface area (Å²) in [7, 11) is 1.59. The van der Waals surface area contributed by atoms with Crippen LogP contribution in [0.5, 0.6) is 0 Å². The average molecular weight is 289 g/mol. The van der Waals surface area contributed by atoms with Crippen LogP contribution in [0.4, 0.5) is 5.69 Å². The molecule has 1 fully saturated rings. The maximum Gasteiger partial charge on any atom is 0.239 e. The number of carbonyl (C=O) groups excluding carboxylic acids is 2. The van der Waals surface area contributed by atoms with Gasteiger partial charge >= 0.3 is 0 Å². The second-order valence-corrected chi connectivity index (χ2v) is 5.60. The number of nitrogens with two attached hydrogens (primary N) is 1. The van der Waals surface area contributed by atoms with Crippen LogP contribution in [-0.2, 0) is 15.0 Å². The van der Waals surface area contributed by atoms with Crippen LogP contribution in [0, 0.1) is 0 Å². The Labute approximate surface area is 125 Å². The summed E-state index contributed by atoms with van der Waals surface area (Å²) in [5.74, 6) is -0.0809. The first kappa shape index (κ1) is 15.4. The zero-order chi connectivity index (χ0) is 15.5. The van der Waals surface area contributed by atoms with Crippen molar-refractivity contribution in [1.82, 2.24) is 10.2 Å². The van der Waals surface area contributed by atoms with Crippen molar-refractivity contribution in [1.29, 1.82) is 0 Å². The SMILES string of the molecule is CCCN(CC(=O)NC)C(=O)C1(c2ccc(N)cc2)CC1. The van der Waals surface area contributed by atoms with Gasteiger partial charge in [-0.1, -0.05) is 19.1 Å². The summed E-state index contributed by atoms with van der Waals surface area (Å²) < 4.78 is 0. The lowest BCUT2D eigenvalue weighted by molar-refractivity contribution is -0.138. The minimum atomic E-state index is -0.448. The Kier molecular flexibility index (Phi) is 4.50. The normalized spacial score (nSPS) is 15.3. The molecule has 5 heteroatoms. The summed E-state index contributed by atoms with van der Waals surface area (Å²) in [6, 6.07) is 7.49. The van der Waals surface area contributed by atoms with Crippen molar-refractivity contribution >= 4 is 17.5 Å². The quantitative estimate of drug-likeness (QED) is 0.775. The molecule has 5 nitrogen and oxygen atoms in total. The highest BCUT2D eigenvalue weighted by atomic mass is 16.2. The molecule has 0 saturated heterocycles. The Bertz CT molecular complexity index is 521. The minimum absolute atomic E-state index is 0.0534. The predicted octanol–water partition coefficient (Wildman–Crippen LogP) is 1.29. The largest absolute Gasteiger partial charge is 0.399 e. The summed E-state index contributed by atoms with van der Waals surface area (Å²) in [5.41, 5.74) is 6.95. The molecule has 0 aliphatic heterocycles. The van der Waals surface area contributed by atoms with E-state index in [0.29, 0.717) is 12.2 Å². The van der Waals surface area contributed by atoms with Crippen molar-refractivity contribution in [3.8, 4) is 0 Å². The van der Waals surface area contributed by atoms with E-state index >= 15 is 0 Å². The Balaban J connectivity index is 2.19. The zero-order valence-corrected chi connectivity index (χ0v) is 12.7. The van der Waals surface area contributed by atoms with Crippen molar-refractivity contribution in [2.45, 2.75) is 31.6 Å². The summed E-state index contributed by atoms with van der Waals surface area (Å²) >= 11 is 0. The van der Waals surface area contributed by atoms with Gasteiger partial charge in [-0.25, -0.2) is 0 Å². The Morgan fingerprint density at radius 3 is 2.38 bits per heavy atom. The summed E-state index contributed by atoms with van der Waals surface area (Å²) in [4.78, 5) is 26.1. The van der Waals surface area contributed by atoms with Crippen LogP contribution in [0.15, 0.2) is 24.3 Å². The fourth-order valence-electron chi connectivity index (χ4n) is 2.63. The lowest BCUT2D eigenvalue weighted by Gasteiger charge is -2.26. The van der Waals surface area contributed by atoms with Crippen molar-refractivity contribution < 1.29 is 9.59 Å². The Hall–Kier alpha value is -2.04. The van der Waals surface area contributed by atoms with E-state index in [4.69, 9.17) is 5.73 Å². The molecule has 2 amide bonds. The predicted molar refractivity (Wildman–Crippen MR) is 82.7 cm³/mol. The van der Waals surface area contributed by atoms with E-state index < -0.39 is 5.41 Å². The van der Waals surface area contributed by atoms with Gasteiger partial charge in [-0.15, -0.1) is 0 Å². The van der Waals surface area contributed by atoms with Gasteiger partial charge < -0.3 is 16.0 Å². The van der Waals surface area contributed by atoms with Gasteiger partial charge in [0.25, 0.3) is 0 Å². The first-order valence-electron chi connectivity index (χ1n) is 7.39. The molecule has 0 heterocycles. The Morgan fingerprint density at radius 2 is 1.90 bits per heavy atom. The molecule has 0 bridgehead atoms. The van der Waals surface area contributed by atoms with E-state index in [0.717, 1.165) is 24.8 Å². The van der Waals surface area contributed by atoms with Crippen LogP contribution in [0.2, 0.25) is 0 Å². The number of anilines is 1. The maximum absolute atomic E-state index is 12.9. The van der Waals surface area contributed by atoms with Gasteiger partial charge in [-0.3, -0.25) is 9.59 Å². The smallest absolute Gasteiger partial charge is 0.239 e. The van der Waals surface area contributed by atoms with Crippen LogP contribution in [-0.4, -0.2) is 36.9 Å². The first-order chi connectivity index (χ1) is 10.0. The monoisotopic (exact) mass is 289 g/mol.